The van der Waals surface area contributed by atoms with Gasteiger partial charge >= 0.3 is 0 Å². The molecule has 1 aliphatic heterocycles. The highest BCUT2D eigenvalue weighted by Crippen LogP contribution is 2.19. The first kappa shape index (κ1) is 10.4. The van der Waals surface area contributed by atoms with E-state index in [1.807, 2.05) is 13.8 Å². The molecule has 0 saturated carbocycles. The quantitative estimate of drug-likeness (QED) is 0.762. The Morgan fingerprint density at radius 2 is 2.33 bits per heavy atom. The fourth-order valence-electron chi connectivity index (χ4n) is 2.03. The molecule has 15 heavy (non-hydrogen) atoms. The maximum Gasteiger partial charge on any atom is 0.254 e. The van der Waals surface area contributed by atoms with Crippen molar-refractivity contribution in [1.29, 1.82) is 0 Å². The molecule has 0 aromatic carbocycles. The third-order valence-electron chi connectivity index (χ3n) is 3.00. The number of nitrogens with zero attached hydrogens (tertiary/aromatic N) is 1. The largest absolute Gasteiger partial charge is 0.309 e. The summed E-state index contributed by atoms with van der Waals surface area (Å²) in [5.41, 5.74) is 1.67. The summed E-state index contributed by atoms with van der Waals surface area (Å²) in [5.74, 6) is 0.806. The summed E-state index contributed by atoms with van der Waals surface area (Å²) < 4.78 is 0. The van der Waals surface area contributed by atoms with E-state index in [0.717, 1.165) is 42.9 Å². The van der Waals surface area contributed by atoms with Crippen molar-refractivity contribution in [2.24, 2.45) is 0 Å². The minimum Gasteiger partial charge on any atom is -0.309 e. The fraction of sp³-hybridized carbons (Fsp3) is 0.636. The summed E-state index contributed by atoms with van der Waals surface area (Å²) in [6.07, 6.45) is 3.04. The topological polar surface area (TPSA) is 57.8 Å². The molecule has 2 heterocycles. The molecule has 2 rings (SSSR count). The summed E-state index contributed by atoms with van der Waals surface area (Å²) >= 11 is 0. The third-order valence-corrected chi connectivity index (χ3v) is 3.00. The zero-order chi connectivity index (χ0) is 10.8. The number of rotatable bonds is 2. The summed E-state index contributed by atoms with van der Waals surface area (Å²) in [7, 11) is 0. The van der Waals surface area contributed by atoms with Crippen molar-refractivity contribution in [2.45, 2.75) is 39.2 Å². The molecule has 1 aromatic rings. The van der Waals surface area contributed by atoms with E-state index in [9.17, 15) is 4.79 Å². The van der Waals surface area contributed by atoms with Crippen LogP contribution >= 0.6 is 0 Å². The van der Waals surface area contributed by atoms with Crippen LogP contribution in [0.2, 0.25) is 0 Å². The molecular weight excluding hydrogens is 190 g/mol. The van der Waals surface area contributed by atoms with Crippen LogP contribution in [0.3, 0.4) is 0 Å². The molecule has 1 atom stereocenters. The second-order valence-corrected chi connectivity index (χ2v) is 4.03. The first-order chi connectivity index (χ1) is 7.22. The van der Waals surface area contributed by atoms with Crippen LogP contribution in [-0.4, -0.2) is 16.5 Å². The van der Waals surface area contributed by atoms with Crippen molar-refractivity contribution in [3.8, 4) is 0 Å². The molecule has 82 valence electrons. The Morgan fingerprint density at radius 1 is 1.53 bits per heavy atom. The lowest BCUT2D eigenvalue weighted by atomic mass is 10.1. The number of aromatic amines is 1. The second kappa shape index (κ2) is 4.14. The lowest BCUT2D eigenvalue weighted by Crippen LogP contribution is -2.23. The number of hydrogen-bond acceptors (Lipinski definition) is 3. The van der Waals surface area contributed by atoms with Crippen molar-refractivity contribution in [3.63, 3.8) is 0 Å². The Bertz CT molecular complexity index is 405. The SMILES string of the molecule is CCc1nc(C2CCCN2)[nH]c(=O)c1C. The molecule has 1 aromatic heterocycles. The van der Waals surface area contributed by atoms with E-state index in [1.165, 1.54) is 0 Å². The van der Waals surface area contributed by atoms with Crippen molar-refractivity contribution >= 4 is 0 Å². The molecule has 1 saturated heterocycles. The van der Waals surface area contributed by atoms with E-state index < -0.39 is 0 Å². The normalized spacial score (nSPS) is 20.8. The molecule has 0 amide bonds. The van der Waals surface area contributed by atoms with Crippen molar-refractivity contribution in [1.82, 2.24) is 15.3 Å². The average Bonchev–Trinajstić information content (AvgIpc) is 2.75. The zero-order valence-electron chi connectivity index (χ0n) is 9.26. The molecule has 0 bridgehead atoms. The molecule has 2 N–H and O–H groups in total. The summed E-state index contributed by atoms with van der Waals surface area (Å²) in [6, 6.07) is 0.239. The third kappa shape index (κ3) is 1.95. The maximum atomic E-state index is 11.7. The maximum absolute atomic E-state index is 11.7. The fourth-order valence-corrected chi connectivity index (χ4v) is 2.03. The minimum atomic E-state index is 0.00514. The molecule has 0 aliphatic carbocycles. The summed E-state index contributed by atoms with van der Waals surface area (Å²) in [4.78, 5) is 19.0. The van der Waals surface area contributed by atoms with Crippen LogP contribution in [0.5, 0.6) is 0 Å². The van der Waals surface area contributed by atoms with Gasteiger partial charge < -0.3 is 10.3 Å². The van der Waals surface area contributed by atoms with Gasteiger partial charge in [-0.15, -0.1) is 0 Å². The zero-order valence-corrected chi connectivity index (χ0v) is 9.26. The average molecular weight is 207 g/mol. The number of nitrogens with one attached hydrogen (secondary N) is 2. The van der Waals surface area contributed by atoms with E-state index in [-0.39, 0.29) is 11.6 Å². The van der Waals surface area contributed by atoms with Gasteiger partial charge in [0.15, 0.2) is 0 Å². The Labute approximate surface area is 89.1 Å². The highest BCUT2D eigenvalue weighted by Gasteiger charge is 2.19. The van der Waals surface area contributed by atoms with Crippen molar-refractivity contribution in [2.75, 3.05) is 6.54 Å². The second-order valence-electron chi connectivity index (χ2n) is 4.03. The smallest absolute Gasteiger partial charge is 0.254 e. The van der Waals surface area contributed by atoms with Gasteiger partial charge in [0.1, 0.15) is 5.82 Å². The first-order valence-electron chi connectivity index (χ1n) is 5.55. The molecule has 1 unspecified atom stereocenters. The van der Waals surface area contributed by atoms with Crippen molar-refractivity contribution in [3.05, 3.63) is 27.4 Å². The van der Waals surface area contributed by atoms with Crippen LogP contribution in [-0.2, 0) is 6.42 Å². The first-order valence-corrected chi connectivity index (χ1v) is 5.55. The van der Waals surface area contributed by atoms with Crippen molar-refractivity contribution < 1.29 is 0 Å². The van der Waals surface area contributed by atoms with Gasteiger partial charge in [-0.2, -0.15) is 0 Å². The lowest BCUT2D eigenvalue weighted by molar-refractivity contribution is 0.596. The minimum absolute atomic E-state index is 0.00514. The van der Waals surface area contributed by atoms with Gasteiger partial charge in [-0.05, 0) is 32.7 Å². The van der Waals surface area contributed by atoms with Gasteiger partial charge in [0.2, 0.25) is 0 Å². The van der Waals surface area contributed by atoms with E-state index in [1.54, 1.807) is 0 Å². The van der Waals surface area contributed by atoms with Crippen LogP contribution < -0.4 is 10.9 Å². The molecule has 1 fully saturated rings. The van der Waals surface area contributed by atoms with Gasteiger partial charge in [-0.1, -0.05) is 6.92 Å². The molecule has 4 nitrogen and oxygen atoms in total. The Morgan fingerprint density at radius 3 is 2.93 bits per heavy atom. The van der Waals surface area contributed by atoms with Gasteiger partial charge in [0, 0.05) is 5.56 Å². The van der Waals surface area contributed by atoms with Gasteiger partial charge in [-0.3, -0.25) is 4.79 Å². The van der Waals surface area contributed by atoms with E-state index in [0.29, 0.717) is 0 Å². The van der Waals surface area contributed by atoms with E-state index >= 15 is 0 Å². The van der Waals surface area contributed by atoms with Gasteiger partial charge in [0.05, 0.1) is 11.7 Å². The number of aromatic nitrogens is 2. The number of hydrogen-bond donors (Lipinski definition) is 2. The predicted molar refractivity (Wildman–Crippen MR) is 59.0 cm³/mol. The standard InChI is InChI=1S/C11H17N3O/c1-3-8-7(2)11(15)14-10(13-8)9-5-4-6-12-9/h9,12H,3-6H2,1-2H3,(H,13,14,15). The van der Waals surface area contributed by atoms with Gasteiger partial charge in [-0.25, -0.2) is 4.98 Å². The number of H-pyrrole nitrogens is 1. The number of aryl methyl sites for hydroxylation is 1. The van der Waals surface area contributed by atoms with E-state index in [4.69, 9.17) is 0 Å². The summed E-state index contributed by atoms with van der Waals surface area (Å²) in [5, 5.41) is 3.34. The molecule has 4 heteroatoms. The van der Waals surface area contributed by atoms with Crippen LogP contribution in [0.4, 0.5) is 0 Å². The van der Waals surface area contributed by atoms with Gasteiger partial charge in [0.25, 0.3) is 5.56 Å². The molecule has 1 aliphatic rings. The highest BCUT2D eigenvalue weighted by atomic mass is 16.1. The monoisotopic (exact) mass is 207 g/mol. The van der Waals surface area contributed by atoms with Crippen LogP contribution in [0.25, 0.3) is 0 Å². The lowest BCUT2D eigenvalue weighted by Gasteiger charge is -2.11. The van der Waals surface area contributed by atoms with Crippen LogP contribution in [0.1, 0.15) is 42.9 Å². The Balaban J connectivity index is 2.40. The van der Waals surface area contributed by atoms with E-state index in [2.05, 4.69) is 15.3 Å². The Hall–Kier alpha value is -1.16. The van der Waals surface area contributed by atoms with Crippen LogP contribution in [0.15, 0.2) is 4.79 Å². The summed E-state index contributed by atoms with van der Waals surface area (Å²) in [6.45, 7) is 4.88. The Kier molecular flexibility index (Phi) is 2.86. The molecule has 0 radical (unpaired) electrons. The predicted octanol–water partition coefficient (Wildman–Crippen LogP) is 1.07. The molecular formula is C11H17N3O. The highest BCUT2D eigenvalue weighted by molar-refractivity contribution is 5.17. The van der Waals surface area contributed by atoms with Crippen LogP contribution in [0, 0.1) is 6.92 Å². The molecule has 0 spiro atoms.